The summed E-state index contributed by atoms with van der Waals surface area (Å²) in [7, 11) is 0. The van der Waals surface area contributed by atoms with Gasteiger partial charge in [0.25, 0.3) is 0 Å². The Balaban J connectivity index is 2.96. The van der Waals surface area contributed by atoms with Crippen molar-refractivity contribution in [3.05, 3.63) is 28.0 Å². The molecule has 0 saturated heterocycles. The Morgan fingerprint density at radius 2 is 2.25 bits per heavy atom. The minimum Gasteiger partial charge on any atom is -0.459 e. The van der Waals surface area contributed by atoms with Crippen LogP contribution in [-0.2, 0) is 4.74 Å². The number of anilines is 1. The van der Waals surface area contributed by atoms with Crippen LogP contribution in [0.5, 0.6) is 0 Å². The van der Waals surface area contributed by atoms with Gasteiger partial charge >= 0.3 is 5.97 Å². The first-order valence-corrected chi connectivity index (χ1v) is 5.70. The van der Waals surface area contributed by atoms with E-state index in [4.69, 9.17) is 10.5 Å². The Morgan fingerprint density at radius 1 is 1.62 bits per heavy atom. The zero-order valence-electron chi connectivity index (χ0n) is 9.09. The van der Waals surface area contributed by atoms with Crippen molar-refractivity contribution in [3.63, 3.8) is 0 Å². The lowest BCUT2D eigenvalue weighted by molar-refractivity contribution is 0.0333. The van der Waals surface area contributed by atoms with Gasteiger partial charge in [0, 0.05) is 4.47 Å². The number of carbonyl (C=O) groups is 1. The SMILES string of the molecule is CCC(C)OC(=O)c1cc(N)c(F)cc1Br. The van der Waals surface area contributed by atoms with Crippen LogP contribution in [0.25, 0.3) is 0 Å². The second-order valence-corrected chi connectivity index (χ2v) is 4.33. The van der Waals surface area contributed by atoms with Crippen LogP contribution < -0.4 is 5.73 Å². The second-order valence-electron chi connectivity index (χ2n) is 3.48. The summed E-state index contributed by atoms with van der Waals surface area (Å²) in [5, 5.41) is 0. The lowest BCUT2D eigenvalue weighted by Gasteiger charge is -2.12. The Labute approximate surface area is 102 Å². The van der Waals surface area contributed by atoms with Gasteiger partial charge in [-0.15, -0.1) is 0 Å². The van der Waals surface area contributed by atoms with Gasteiger partial charge in [-0.25, -0.2) is 9.18 Å². The van der Waals surface area contributed by atoms with E-state index >= 15 is 0 Å². The third-order valence-electron chi connectivity index (χ3n) is 2.19. The predicted octanol–water partition coefficient (Wildman–Crippen LogP) is 3.13. The summed E-state index contributed by atoms with van der Waals surface area (Å²) < 4.78 is 18.5. The van der Waals surface area contributed by atoms with Gasteiger partial charge in [-0.05, 0) is 41.4 Å². The fourth-order valence-corrected chi connectivity index (χ4v) is 1.53. The van der Waals surface area contributed by atoms with Crippen molar-refractivity contribution < 1.29 is 13.9 Å². The van der Waals surface area contributed by atoms with Crippen molar-refractivity contribution in [1.82, 2.24) is 0 Å². The molecule has 0 amide bonds. The molecule has 16 heavy (non-hydrogen) atoms. The Kier molecular flexibility index (Phi) is 4.29. The van der Waals surface area contributed by atoms with Gasteiger partial charge in [0.05, 0.1) is 17.4 Å². The fraction of sp³-hybridized carbons (Fsp3) is 0.364. The maximum absolute atomic E-state index is 13.0. The Bertz CT molecular complexity index is 409. The Morgan fingerprint density at radius 3 is 2.81 bits per heavy atom. The molecule has 0 aliphatic rings. The summed E-state index contributed by atoms with van der Waals surface area (Å²) in [5.41, 5.74) is 5.55. The fourth-order valence-electron chi connectivity index (χ4n) is 1.05. The van der Waals surface area contributed by atoms with E-state index in [2.05, 4.69) is 15.9 Å². The number of nitrogens with two attached hydrogens (primary N) is 1. The maximum atomic E-state index is 13.0. The molecule has 0 aliphatic carbocycles. The normalized spacial score (nSPS) is 12.2. The average Bonchev–Trinajstić information content (AvgIpc) is 2.23. The smallest absolute Gasteiger partial charge is 0.339 e. The zero-order chi connectivity index (χ0) is 12.3. The summed E-state index contributed by atoms with van der Waals surface area (Å²) in [4.78, 5) is 11.7. The molecule has 0 bridgehead atoms. The van der Waals surface area contributed by atoms with Crippen molar-refractivity contribution in [2.24, 2.45) is 0 Å². The quantitative estimate of drug-likeness (QED) is 0.687. The standard InChI is InChI=1S/C11H13BrFNO2/c1-3-6(2)16-11(15)7-4-10(14)9(13)5-8(7)12/h4-6H,3,14H2,1-2H3. The van der Waals surface area contributed by atoms with Crippen LogP contribution in [0.15, 0.2) is 16.6 Å². The zero-order valence-corrected chi connectivity index (χ0v) is 10.7. The Hall–Kier alpha value is -1.10. The molecular formula is C11H13BrFNO2. The summed E-state index contributed by atoms with van der Waals surface area (Å²) in [6.45, 7) is 3.70. The van der Waals surface area contributed by atoms with E-state index < -0.39 is 11.8 Å². The van der Waals surface area contributed by atoms with Crippen molar-refractivity contribution >= 4 is 27.6 Å². The van der Waals surface area contributed by atoms with Crippen LogP contribution in [-0.4, -0.2) is 12.1 Å². The average molecular weight is 290 g/mol. The summed E-state index contributed by atoms with van der Waals surface area (Å²) >= 11 is 3.10. The molecule has 1 aromatic carbocycles. The number of carbonyl (C=O) groups excluding carboxylic acids is 1. The van der Waals surface area contributed by atoms with E-state index in [1.807, 2.05) is 6.92 Å². The first-order valence-electron chi connectivity index (χ1n) is 4.91. The van der Waals surface area contributed by atoms with Gasteiger partial charge in [-0.1, -0.05) is 6.92 Å². The number of rotatable bonds is 3. The highest BCUT2D eigenvalue weighted by molar-refractivity contribution is 9.10. The van der Waals surface area contributed by atoms with E-state index in [1.165, 1.54) is 6.07 Å². The molecule has 3 nitrogen and oxygen atoms in total. The highest BCUT2D eigenvalue weighted by Crippen LogP contribution is 2.24. The van der Waals surface area contributed by atoms with Crippen LogP contribution >= 0.6 is 15.9 Å². The predicted molar refractivity (Wildman–Crippen MR) is 63.7 cm³/mol. The molecule has 1 atom stereocenters. The number of ether oxygens (including phenoxy) is 1. The number of halogens is 2. The third kappa shape index (κ3) is 2.95. The lowest BCUT2D eigenvalue weighted by Crippen LogP contribution is -2.15. The number of benzene rings is 1. The van der Waals surface area contributed by atoms with E-state index in [-0.39, 0.29) is 17.4 Å². The molecule has 0 saturated carbocycles. The first-order chi connectivity index (χ1) is 7.45. The molecule has 1 rings (SSSR count). The summed E-state index contributed by atoms with van der Waals surface area (Å²) in [5.74, 6) is -1.07. The number of nitrogen functional groups attached to an aromatic ring is 1. The van der Waals surface area contributed by atoms with Crippen molar-refractivity contribution in [2.45, 2.75) is 26.4 Å². The molecule has 0 heterocycles. The van der Waals surface area contributed by atoms with Crippen molar-refractivity contribution in [1.29, 1.82) is 0 Å². The molecule has 1 aromatic rings. The maximum Gasteiger partial charge on any atom is 0.339 e. The molecule has 2 N–H and O–H groups in total. The van der Waals surface area contributed by atoms with Crippen LogP contribution in [0.4, 0.5) is 10.1 Å². The van der Waals surface area contributed by atoms with Crippen molar-refractivity contribution in [3.8, 4) is 0 Å². The largest absolute Gasteiger partial charge is 0.459 e. The second kappa shape index (κ2) is 5.30. The van der Waals surface area contributed by atoms with Gasteiger partial charge in [0.15, 0.2) is 0 Å². The van der Waals surface area contributed by atoms with Crippen LogP contribution in [0.2, 0.25) is 0 Å². The number of hydrogen-bond acceptors (Lipinski definition) is 3. The molecular weight excluding hydrogens is 277 g/mol. The van der Waals surface area contributed by atoms with Gasteiger partial charge < -0.3 is 10.5 Å². The molecule has 1 unspecified atom stereocenters. The monoisotopic (exact) mass is 289 g/mol. The van der Waals surface area contributed by atoms with E-state index in [0.717, 1.165) is 12.5 Å². The molecule has 88 valence electrons. The van der Waals surface area contributed by atoms with Crippen LogP contribution in [0.3, 0.4) is 0 Å². The number of hydrogen-bond donors (Lipinski definition) is 1. The molecule has 0 aromatic heterocycles. The molecule has 0 spiro atoms. The van der Waals surface area contributed by atoms with E-state index in [9.17, 15) is 9.18 Å². The highest BCUT2D eigenvalue weighted by Gasteiger charge is 2.16. The summed E-state index contributed by atoms with van der Waals surface area (Å²) in [6, 6.07) is 2.42. The van der Waals surface area contributed by atoms with Gasteiger partial charge in [-0.3, -0.25) is 0 Å². The minimum absolute atomic E-state index is 0.0701. The molecule has 5 heteroatoms. The molecule has 0 fully saturated rings. The third-order valence-corrected chi connectivity index (χ3v) is 2.85. The molecule has 0 aliphatic heterocycles. The van der Waals surface area contributed by atoms with E-state index in [1.54, 1.807) is 6.92 Å². The minimum atomic E-state index is -0.563. The van der Waals surface area contributed by atoms with Crippen LogP contribution in [0, 0.1) is 5.82 Å². The summed E-state index contributed by atoms with van der Waals surface area (Å²) in [6.07, 6.45) is 0.547. The number of esters is 1. The van der Waals surface area contributed by atoms with Gasteiger partial charge in [0.1, 0.15) is 5.82 Å². The van der Waals surface area contributed by atoms with Gasteiger partial charge in [-0.2, -0.15) is 0 Å². The van der Waals surface area contributed by atoms with E-state index in [0.29, 0.717) is 4.47 Å². The molecule has 0 radical (unpaired) electrons. The first kappa shape index (κ1) is 13.0. The van der Waals surface area contributed by atoms with Crippen LogP contribution in [0.1, 0.15) is 30.6 Å². The van der Waals surface area contributed by atoms with Gasteiger partial charge in [0.2, 0.25) is 0 Å². The van der Waals surface area contributed by atoms with Crippen molar-refractivity contribution in [2.75, 3.05) is 5.73 Å². The highest BCUT2D eigenvalue weighted by atomic mass is 79.9. The lowest BCUT2D eigenvalue weighted by atomic mass is 10.2. The topological polar surface area (TPSA) is 52.3 Å².